The molecular weight excluding hydrogens is 482 g/mol. The van der Waals surface area contributed by atoms with Crippen LogP contribution in [0.15, 0.2) is 24.4 Å². The van der Waals surface area contributed by atoms with Gasteiger partial charge in [-0.25, -0.2) is 4.98 Å². The molecule has 204 valence electrons. The standard InChI is InChI=1S/C28H39N7O3/c1-18(19-10-13-29-14-11-19)31-27(37)20-8-9-24(38-3)22(16-20)32-28-30-17-23-26(33-28)35(21-6-4-5-7-21)15-12-25(36)34(23)2/h8-9,16-19,21,29H,4-7,10-15H2,1-3H3,(H,31,37)(H,30,32,33). The number of anilines is 4. The molecule has 1 atom stereocenters. The van der Waals surface area contributed by atoms with Gasteiger partial charge in [-0.15, -0.1) is 0 Å². The monoisotopic (exact) mass is 521 g/mol. The first-order chi connectivity index (χ1) is 18.4. The zero-order valence-corrected chi connectivity index (χ0v) is 22.6. The van der Waals surface area contributed by atoms with Gasteiger partial charge in [-0.05, 0) is 69.8 Å². The minimum absolute atomic E-state index is 0.0650. The van der Waals surface area contributed by atoms with Gasteiger partial charge in [-0.3, -0.25) is 9.59 Å². The number of carbonyl (C=O) groups excluding carboxylic acids is 2. The van der Waals surface area contributed by atoms with Gasteiger partial charge < -0.3 is 30.5 Å². The third-order valence-electron chi connectivity index (χ3n) is 8.25. The van der Waals surface area contributed by atoms with Crippen molar-refractivity contribution in [3.05, 3.63) is 30.0 Å². The van der Waals surface area contributed by atoms with Gasteiger partial charge in [0.15, 0.2) is 5.82 Å². The molecule has 1 aromatic heterocycles. The highest BCUT2D eigenvalue weighted by atomic mass is 16.5. The van der Waals surface area contributed by atoms with Crippen LogP contribution in [0.3, 0.4) is 0 Å². The quantitative estimate of drug-likeness (QED) is 0.508. The van der Waals surface area contributed by atoms with Crippen molar-refractivity contribution in [2.75, 3.05) is 48.9 Å². The van der Waals surface area contributed by atoms with E-state index >= 15 is 0 Å². The van der Waals surface area contributed by atoms with Gasteiger partial charge >= 0.3 is 0 Å². The van der Waals surface area contributed by atoms with Gasteiger partial charge in [0.05, 0.1) is 19.0 Å². The molecule has 2 aliphatic heterocycles. The third-order valence-corrected chi connectivity index (χ3v) is 8.25. The van der Waals surface area contributed by atoms with E-state index in [4.69, 9.17) is 9.72 Å². The highest BCUT2D eigenvalue weighted by Gasteiger charge is 2.32. The van der Waals surface area contributed by atoms with Crippen molar-refractivity contribution >= 4 is 35.0 Å². The molecule has 0 bridgehead atoms. The van der Waals surface area contributed by atoms with Gasteiger partial charge in [-0.2, -0.15) is 4.98 Å². The number of piperidine rings is 1. The van der Waals surface area contributed by atoms with Crippen LogP contribution in [0, 0.1) is 5.92 Å². The second-order valence-corrected chi connectivity index (χ2v) is 10.6. The number of benzene rings is 1. The number of carbonyl (C=O) groups is 2. The molecule has 10 heteroatoms. The second kappa shape index (κ2) is 11.6. The van der Waals surface area contributed by atoms with E-state index in [0.29, 0.717) is 47.9 Å². The summed E-state index contributed by atoms with van der Waals surface area (Å²) >= 11 is 0. The fourth-order valence-corrected chi connectivity index (χ4v) is 5.89. The van der Waals surface area contributed by atoms with E-state index in [2.05, 4.69) is 32.8 Å². The van der Waals surface area contributed by atoms with Crippen molar-refractivity contribution in [1.82, 2.24) is 20.6 Å². The Morgan fingerprint density at radius 1 is 1.18 bits per heavy atom. The summed E-state index contributed by atoms with van der Waals surface area (Å²) in [5, 5.41) is 9.83. The van der Waals surface area contributed by atoms with E-state index in [9.17, 15) is 9.59 Å². The maximum Gasteiger partial charge on any atom is 0.251 e. The molecule has 1 unspecified atom stereocenters. The van der Waals surface area contributed by atoms with E-state index < -0.39 is 0 Å². The lowest BCUT2D eigenvalue weighted by Crippen LogP contribution is -2.42. The number of aromatic nitrogens is 2. The van der Waals surface area contributed by atoms with Crippen LogP contribution in [0.2, 0.25) is 0 Å². The largest absolute Gasteiger partial charge is 0.495 e. The molecule has 2 fully saturated rings. The van der Waals surface area contributed by atoms with Crippen LogP contribution < -0.4 is 30.5 Å². The molecule has 3 heterocycles. The smallest absolute Gasteiger partial charge is 0.251 e. The number of methoxy groups -OCH3 is 1. The number of amides is 2. The lowest BCUT2D eigenvalue weighted by atomic mass is 9.91. The van der Waals surface area contributed by atoms with E-state index in [1.54, 1.807) is 43.5 Å². The van der Waals surface area contributed by atoms with Gasteiger partial charge in [0.2, 0.25) is 11.9 Å². The SMILES string of the molecule is COc1ccc(C(=O)NC(C)C2CCNCC2)cc1Nc1ncc2c(n1)N(C1CCCC1)CCC(=O)N2C. The number of fused-ring (bicyclic) bond motifs is 1. The second-order valence-electron chi connectivity index (χ2n) is 10.6. The number of hydrogen-bond acceptors (Lipinski definition) is 8. The van der Waals surface area contributed by atoms with Crippen LogP contribution in [0.4, 0.5) is 23.1 Å². The topological polar surface area (TPSA) is 112 Å². The first-order valence-electron chi connectivity index (χ1n) is 13.8. The Hall–Kier alpha value is -3.40. The summed E-state index contributed by atoms with van der Waals surface area (Å²) in [4.78, 5) is 39.1. The van der Waals surface area contributed by atoms with Crippen molar-refractivity contribution in [3.8, 4) is 5.75 Å². The molecule has 2 amide bonds. The zero-order valence-electron chi connectivity index (χ0n) is 22.6. The van der Waals surface area contributed by atoms with Crippen LogP contribution in [0.1, 0.15) is 62.2 Å². The minimum Gasteiger partial charge on any atom is -0.495 e. The fourth-order valence-electron chi connectivity index (χ4n) is 5.89. The maximum absolute atomic E-state index is 13.1. The first kappa shape index (κ1) is 26.2. The Balaban J connectivity index is 1.39. The van der Waals surface area contributed by atoms with Gasteiger partial charge in [-0.1, -0.05) is 12.8 Å². The Morgan fingerprint density at radius 3 is 2.68 bits per heavy atom. The lowest BCUT2D eigenvalue weighted by Gasteiger charge is -2.30. The summed E-state index contributed by atoms with van der Waals surface area (Å²) in [7, 11) is 3.38. The summed E-state index contributed by atoms with van der Waals surface area (Å²) in [6.45, 7) is 4.71. The molecule has 0 radical (unpaired) electrons. The summed E-state index contributed by atoms with van der Waals surface area (Å²) in [6.07, 6.45) is 8.87. The highest BCUT2D eigenvalue weighted by Crippen LogP contribution is 2.37. The van der Waals surface area contributed by atoms with Crippen LogP contribution in [0.25, 0.3) is 0 Å². The molecule has 2 aromatic rings. The average molecular weight is 522 g/mol. The summed E-state index contributed by atoms with van der Waals surface area (Å²) in [5.41, 5.74) is 1.87. The summed E-state index contributed by atoms with van der Waals surface area (Å²) in [6, 6.07) is 5.81. The lowest BCUT2D eigenvalue weighted by molar-refractivity contribution is -0.118. The molecule has 5 rings (SSSR count). The molecule has 1 aromatic carbocycles. The molecular formula is C28H39N7O3. The number of hydrogen-bond donors (Lipinski definition) is 3. The predicted molar refractivity (Wildman–Crippen MR) is 148 cm³/mol. The molecule has 3 aliphatic rings. The first-order valence-corrected chi connectivity index (χ1v) is 13.8. The molecule has 38 heavy (non-hydrogen) atoms. The highest BCUT2D eigenvalue weighted by molar-refractivity contribution is 5.98. The minimum atomic E-state index is -0.114. The van der Waals surface area contributed by atoms with Crippen molar-refractivity contribution < 1.29 is 14.3 Å². The molecule has 10 nitrogen and oxygen atoms in total. The number of nitrogens with zero attached hydrogens (tertiary/aromatic N) is 4. The van der Waals surface area contributed by atoms with Crippen LogP contribution in [-0.2, 0) is 4.79 Å². The summed E-state index contributed by atoms with van der Waals surface area (Å²) in [5.74, 6) is 2.18. The fraction of sp³-hybridized carbons (Fsp3) is 0.571. The Labute approximate surface area is 224 Å². The van der Waals surface area contributed by atoms with E-state index in [1.807, 2.05) is 0 Å². The Kier molecular flexibility index (Phi) is 7.97. The van der Waals surface area contributed by atoms with Gasteiger partial charge in [0, 0.05) is 37.7 Å². The normalized spacial score (nSPS) is 19.6. The Bertz CT molecular complexity index is 1160. The van der Waals surface area contributed by atoms with Crippen molar-refractivity contribution in [2.24, 2.45) is 5.92 Å². The zero-order chi connectivity index (χ0) is 26.6. The van der Waals surface area contributed by atoms with E-state index in [-0.39, 0.29) is 17.9 Å². The number of ether oxygens (including phenoxy) is 1. The van der Waals surface area contributed by atoms with Crippen LogP contribution >= 0.6 is 0 Å². The summed E-state index contributed by atoms with van der Waals surface area (Å²) < 4.78 is 5.57. The van der Waals surface area contributed by atoms with Crippen molar-refractivity contribution in [1.29, 1.82) is 0 Å². The number of nitrogens with one attached hydrogen (secondary N) is 3. The van der Waals surface area contributed by atoms with Crippen molar-refractivity contribution in [2.45, 2.75) is 64.0 Å². The third kappa shape index (κ3) is 5.55. The van der Waals surface area contributed by atoms with E-state index in [1.165, 1.54) is 12.8 Å². The molecule has 1 saturated carbocycles. The average Bonchev–Trinajstić information content (AvgIpc) is 3.44. The van der Waals surface area contributed by atoms with Gasteiger partial charge in [0.25, 0.3) is 5.91 Å². The Morgan fingerprint density at radius 2 is 1.95 bits per heavy atom. The molecule has 1 saturated heterocycles. The van der Waals surface area contributed by atoms with Gasteiger partial charge in [0.1, 0.15) is 11.4 Å². The maximum atomic E-state index is 13.1. The molecule has 1 aliphatic carbocycles. The van der Waals surface area contributed by atoms with Crippen LogP contribution in [0.5, 0.6) is 5.75 Å². The number of rotatable bonds is 7. The predicted octanol–water partition coefficient (Wildman–Crippen LogP) is 3.46. The van der Waals surface area contributed by atoms with Crippen LogP contribution in [-0.4, -0.2) is 67.7 Å². The molecule has 0 spiro atoms. The molecule has 3 N–H and O–H groups in total. The van der Waals surface area contributed by atoms with Crippen molar-refractivity contribution in [3.63, 3.8) is 0 Å². The van der Waals surface area contributed by atoms with E-state index in [0.717, 1.165) is 50.3 Å².